The number of hydrogen-bond acceptors (Lipinski definition) is 5. The second-order valence-electron chi connectivity index (χ2n) is 4.56. The zero-order chi connectivity index (χ0) is 12.2. The van der Waals surface area contributed by atoms with Gasteiger partial charge in [-0.3, -0.25) is 0 Å². The molecule has 5 nitrogen and oxygen atoms in total. The maximum Gasteiger partial charge on any atom is 0.233 e. The molecule has 0 amide bonds. The second-order valence-corrected chi connectivity index (χ2v) is 4.56. The standard InChI is InChI=1S/C11H20N4O/c1-11(2,15(3)4)8-16-10-6-5-9(7-12)13-14-10/h5-6H,7-8,12H2,1-4H3. The molecule has 0 radical (unpaired) electrons. The van der Waals surface area contributed by atoms with Crippen molar-refractivity contribution in [2.75, 3.05) is 20.7 Å². The van der Waals surface area contributed by atoms with Gasteiger partial charge < -0.3 is 15.4 Å². The van der Waals surface area contributed by atoms with E-state index in [1.807, 2.05) is 20.2 Å². The predicted octanol–water partition coefficient (Wildman–Crippen LogP) is 0.654. The largest absolute Gasteiger partial charge is 0.475 e. The van der Waals surface area contributed by atoms with Gasteiger partial charge in [-0.15, -0.1) is 5.10 Å². The van der Waals surface area contributed by atoms with E-state index in [1.165, 1.54) is 0 Å². The zero-order valence-electron chi connectivity index (χ0n) is 10.4. The average molecular weight is 224 g/mol. The summed E-state index contributed by atoms with van der Waals surface area (Å²) in [4.78, 5) is 2.11. The highest BCUT2D eigenvalue weighted by Gasteiger charge is 2.21. The van der Waals surface area contributed by atoms with Crippen LogP contribution in [0, 0.1) is 0 Å². The van der Waals surface area contributed by atoms with Gasteiger partial charge in [0.05, 0.1) is 5.69 Å². The van der Waals surface area contributed by atoms with Crippen molar-refractivity contribution in [1.82, 2.24) is 15.1 Å². The van der Waals surface area contributed by atoms with Crippen LogP contribution in [0.4, 0.5) is 0 Å². The number of nitrogens with zero attached hydrogens (tertiary/aromatic N) is 3. The Hall–Kier alpha value is -1.20. The predicted molar refractivity (Wildman–Crippen MR) is 63.2 cm³/mol. The van der Waals surface area contributed by atoms with E-state index in [4.69, 9.17) is 10.5 Å². The summed E-state index contributed by atoms with van der Waals surface area (Å²) in [6, 6.07) is 3.62. The fourth-order valence-corrected chi connectivity index (χ4v) is 0.913. The molecular weight excluding hydrogens is 204 g/mol. The third kappa shape index (κ3) is 3.43. The minimum absolute atomic E-state index is 0.0335. The van der Waals surface area contributed by atoms with Crippen LogP contribution in [0.2, 0.25) is 0 Å². The van der Waals surface area contributed by atoms with Gasteiger partial charge in [-0.05, 0) is 34.0 Å². The van der Waals surface area contributed by atoms with Crippen LogP contribution in [0.25, 0.3) is 0 Å². The van der Waals surface area contributed by atoms with Crippen molar-refractivity contribution < 1.29 is 4.74 Å². The summed E-state index contributed by atoms with van der Waals surface area (Å²) in [7, 11) is 4.04. The molecule has 1 aromatic heterocycles. The molecule has 0 saturated heterocycles. The molecule has 16 heavy (non-hydrogen) atoms. The molecule has 0 unspecified atom stereocenters. The third-order valence-electron chi connectivity index (χ3n) is 2.69. The Morgan fingerprint density at radius 3 is 2.44 bits per heavy atom. The lowest BCUT2D eigenvalue weighted by molar-refractivity contribution is 0.110. The highest BCUT2D eigenvalue weighted by Crippen LogP contribution is 2.13. The lowest BCUT2D eigenvalue weighted by Gasteiger charge is -2.31. The van der Waals surface area contributed by atoms with Crippen molar-refractivity contribution in [3.05, 3.63) is 17.8 Å². The van der Waals surface area contributed by atoms with Crippen LogP contribution in [-0.4, -0.2) is 41.3 Å². The van der Waals surface area contributed by atoms with Crippen molar-refractivity contribution in [2.24, 2.45) is 5.73 Å². The number of ether oxygens (including phenoxy) is 1. The summed E-state index contributed by atoms with van der Waals surface area (Å²) in [6.07, 6.45) is 0. The molecule has 2 N–H and O–H groups in total. The quantitative estimate of drug-likeness (QED) is 0.795. The van der Waals surface area contributed by atoms with Gasteiger partial charge in [0.15, 0.2) is 0 Å². The molecule has 0 fully saturated rings. The van der Waals surface area contributed by atoms with Gasteiger partial charge >= 0.3 is 0 Å². The summed E-state index contributed by atoms with van der Waals surface area (Å²) >= 11 is 0. The molecule has 0 spiro atoms. The molecule has 0 bridgehead atoms. The van der Waals surface area contributed by atoms with E-state index >= 15 is 0 Å². The average Bonchev–Trinajstić information content (AvgIpc) is 2.27. The van der Waals surface area contributed by atoms with Crippen LogP contribution in [0.1, 0.15) is 19.5 Å². The van der Waals surface area contributed by atoms with E-state index < -0.39 is 0 Å². The highest BCUT2D eigenvalue weighted by atomic mass is 16.5. The van der Waals surface area contributed by atoms with E-state index in [0.29, 0.717) is 19.0 Å². The van der Waals surface area contributed by atoms with Crippen molar-refractivity contribution >= 4 is 0 Å². The fourth-order valence-electron chi connectivity index (χ4n) is 0.913. The second kappa shape index (κ2) is 5.23. The SMILES string of the molecule is CN(C)C(C)(C)COc1ccc(CN)nn1. The topological polar surface area (TPSA) is 64.3 Å². The van der Waals surface area contributed by atoms with Crippen molar-refractivity contribution in [1.29, 1.82) is 0 Å². The Bertz CT molecular complexity index is 321. The smallest absolute Gasteiger partial charge is 0.233 e. The maximum atomic E-state index is 5.58. The van der Waals surface area contributed by atoms with Gasteiger partial charge in [-0.1, -0.05) is 0 Å². The summed E-state index contributed by atoms with van der Waals surface area (Å²) < 4.78 is 5.58. The van der Waals surface area contributed by atoms with Crippen molar-refractivity contribution in [3.8, 4) is 5.88 Å². The summed E-state index contributed by atoms with van der Waals surface area (Å²) in [5.41, 5.74) is 6.16. The lowest BCUT2D eigenvalue weighted by atomic mass is 10.1. The molecule has 5 heteroatoms. The Balaban J connectivity index is 2.54. The Labute approximate surface area is 96.6 Å². The maximum absolute atomic E-state index is 5.58. The Kier molecular flexibility index (Phi) is 4.20. The molecule has 1 heterocycles. The fraction of sp³-hybridized carbons (Fsp3) is 0.636. The molecule has 0 aliphatic carbocycles. The van der Waals surface area contributed by atoms with E-state index in [-0.39, 0.29) is 5.54 Å². The first-order chi connectivity index (χ1) is 7.45. The van der Waals surface area contributed by atoms with Gasteiger partial charge in [0.2, 0.25) is 5.88 Å². The lowest BCUT2D eigenvalue weighted by Crippen LogP contribution is -2.43. The van der Waals surface area contributed by atoms with Crippen LogP contribution >= 0.6 is 0 Å². The van der Waals surface area contributed by atoms with Crippen LogP contribution in [0.3, 0.4) is 0 Å². The molecule has 0 saturated carbocycles. The zero-order valence-corrected chi connectivity index (χ0v) is 10.4. The number of hydrogen-bond donors (Lipinski definition) is 1. The van der Waals surface area contributed by atoms with Gasteiger partial charge in [-0.25, -0.2) is 0 Å². The molecule has 0 aliphatic rings. The monoisotopic (exact) mass is 224 g/mol. The van der Waals surface area contributed by atoms with Crippen LogP contribution in [0.15, 0.2) is 12.1 Å². The first-order valence-electron chi connectivity index (χ1n) is 5.28. The van der Waals surface area contributed by atoms with Gasteiger partial charge in [0.1, 0.15) is 6.61 Å². The Morgan fingerprint density at radius 2 is 2.00 bits per heavy atom. The molecular formula is C11H20N4O. The number of likely N-dealkylation sites (N-methyl/N-ethyl adjacent to an activating group) is 1. The molecule has 0 atom stereocenters. The minimum Gasteiger partial charge on any atom is -0.475 e. The molecule has 1 aromatic rings. The number of aromatic nitrogens is 2. The first-order valence-corrected chi connectivity index (χ1v) is 5.28. The molecule has 1 rings (SSSR count). The number of rotatable bonds is 5. The van der Waals surface area contributed by atoms with E-state index in [1.54, 1.807) is 6.07 Å². The summed E-state index contributed by atoms with van der Waals surface area (Å²) in [6.45, 7) is 5.18. The van der Waals surface area contributed by atoms with Crippen molar-refractivity contribution in [2.45, 2.75) is 25.9 Å². The van der Waals surface area contributed by atoms with E-state index in [9.17, 15) is 0 Å². The minimum atomic E-state index is -0.0335. The van der Waals surface area contributed by atoms with E-state index in [0.717, 1.165) is 5.69 Å². The van der Waals surface area contributed by atoms with Crippen LogP contribution < -0.4 is 10.5 Å². The third-order valence-corrected chi connectivity index (χ3v) is 2.69. The van der Waals surface area contributed by atoms with Crippen molar-refractivity contribution in [3.63, 3.8) is 0 Å². The molecule has 0 aromatic carbocycles. The van der Waals surface area contributed by atoms with Gasteiger partial charge in [0, 0.05) is 18.2 Å². The summed E-state index contributed by atoms with van der Waals surface area (Å²) in [5.74, 6) is 0.534. The number of nitrogens with two attached hydrogens (primary N) is 1. The van der Waals surface area contributed by atoms with Crippen LogP contribution in [-0.2, 0) is 6.54 Å². The van der Waals surface area contributed by atoms with E-state index in [2.05, 4.69) is 28.9 Å². The molecule has 90 valence electrons. The van der Waals surface area contributed by atoms with Gasteiger partial charge in [-0.2, -0.15) is 5.10 Å². The van der Waals surface area contributed by atoms with Gasteiger partial charge in [0.25, 0.3) is 0 Å². The first kappa shape index (κ1) is 12.9. The molecule has 0 aliphatic heterocycles. The normalized spacial score (nSPS) is 11.9. The summed E-state index contributed by atoms with van der Waals surface area (Å²) in [5, 5.41) is 7.87. The van der Waals surface area contributed by atoms with Crippen LogP contribution in [0.5, 0.6) is 5.88 Å². The Morgan fingerprint density at radius 1 is 1.31 bits per heavy atom. The highest BCUT2D eigenvalue weighted by molar-refractivity contribution is 5.11.